The van der Waals surface area contributed by atoms with Crippen LogP contribution in [0.15, 0.2) is 30.5 Å². The van der Waals surface area contributed by atoms with Gasteiger partial charge in [-0.1, -0.05) is 6.07 Å². The Bertz CT molecular complexity index is 516. The quantitative estimate of drug-likeness (QED) is 0.722. The van der Waals surface area contributed by atoms with E-state index in [4.69, 9.17) is 0 Å². The Labute approximate surface area is 122 Å². The Morgan fingerprint density at radius 2 is 2.05 bits per heavy atom. The standard InChI is InChI=1S/C17H27N3/c1-14(2)20(3)11-5-4-9-18-13-15-6-7-17-16(12-15)8-10-19-17/h6-8,10,12,14,18-19H,4-5,9,11,13H2,1-3H3. The smallest absolute Gasteiger partial charge is 0.0454 e. The molecule has 20 heavy (non-hydrogen) atoms. The van der Waals surface area contributed by atoms with Gasteiger partial charge in [-0.3, -0.25) is 0 Å². The molecule has 3 nitrogen and oxygen atoms in total. The maximum absolute atomic E-state index is 3.53. The zero-order valence-corrected chi connectivity index (χ0v) is 12.9. The molecule has 0 radical (unpaired) electrons. The van der Waals surface area contributed by atoms with Crippen LogP contribution >= 0.6 is 0 Å². The zero-order chi connectivity index (χ0) is 14.4. The first kappa shape index (κ1) is 15.1. The number of nitrogens with zero attached hydrogens (tertiary/aromatic N) is 1. The first-order valence-corrected chi connectivity index (χ1v) is 7.64. The molecule has 0 unspecified atom stereocenters. The fourth-order valence-electron chi connectivity index (χ4n) is 2.31. The maximum Gasteiger partial charge on any atom is 0.0454 e. The summed E-state index contributed by atoms with van der Waals surface area (Å²) in [6.45, 7) is 7.73. The SMILES string of the molecule is CC(C)N(C)CCCCNCc1ccc2[nH]ccc2c1. The van der Waals surface area contributed by atoms with Crippen molar-refractivity contribution in [1.29, 1.82) is 0 Å². The predicted octanol–water partition coefficient (Wildman–Crippen LogP) is 3.38. The lowest BCUT2D eigenvalue weighted by Crippen LogP contribution is -2.27. The molecule has 0 saturated heterocycles. The molecule has 2 rings (SSSR count). The highest BCUT2D eigenvalue weighted by molar-refractivity contribution is 5.79. The van der Waals surface area contributed by atoms with Crippen molar-refractivity contribution < 1.29 is 0 Å². The second kappa shape index (κ2) is 7.46. The fourth-order valence-corrected chi connectivity index (χ4v) is 2.31. The summed E-state index contributed by atoms with van der Waals surface area (Å²) in [7, 11) is 2.20. The molecule has 2 aromatic rings. The number of hydrogen-bond acceptors (Lipinski definition) is 2. The van der Waals surface area contributed by atoms with E-state index in [1.165, 1.54) is 35.9 Å². The number of nitrogens with one attached hydrogen (secondary N) is 2. The minimum absolute atomic E-state index is 0.649. The molecule has 3 heteroatoms. The third kappa shape index (κ3) is 4.36. The highest BCUT2D eigenvalue weighted by Crippen LogP contribution is 2.14. The third-order valence-corrected chi connectivity index (χ3v) is 3.94. The van der Waals surface area contributed by atoms with E-state index in [1.54, 1.807) is 0 Å². The number of aromatic amines is 1. The van der Waals surface area contributed by atoms with E-state index >= 15 is 0 Å². The number of benzene rings is 1. The lowest BCUT2D eigenvalue weighted by atomic mass is 10.1. The van der Waals surface area contributed by atoms with Gasteiger partial charge in [-0.25, -0.2) is 0 Å². The van der Waals surface area contributed by atoms with Crippen molar-refractivity contribution in [3.63, 3.8) is 0 Å². The summed E-state index contributed by atoms with van der Waals surface area (Å²) in [4.78, 5) is 5.63. The van der Waals surface area contributed by atoms with Crippen LogP contribution in [-0.2, 0) is 6.54 Å². The van der Waals surface area contributed by atoms with Crippen molar-refractivity contribution >= 4 is 10.9 Å². The van der Waals surface area contributed by atoms with Crippen LogP contribution in [0.5, 0.6) is 0 Å². The highest BCUT2D eigenvalue weighted by Gasteiger charge is 2.01. The minimum Gasteiger partial charge on any atom is -0.361 e. The van der Waals surface area contributed by atoms with E-state index in [9.17, 15) is 0 Å². The predicted molar refractivity (Wildman–Crippen MR) is 87.0 cm³/mol. The van der Waals surface area contributed by atoms with Crippen molar-refractivity contribution in [2.24, 2.45) is 0 Å². The molecule has 1 heterocycles. The van der Waals surface area contributed by atoms with Gasteiger partial charge in [-0.15, -0.1) is 0 Å². The van der Waals surface area contributed by atoms with Crippen LogP contribution in [0.4, 0.5) is 0 Å². The number of H-pyrrole nitrogens is 1. The molecule has 110 valence electrons. The summed E-state index contributed by atoms with van der Waals surface area (Å²) >= 11 is 0. The Kier molecular flexibility index (Phi) is 5.62. The molecule has 0 aliphatic rings. The highest BCUT2D eigenvalue weighted by atomic mass is 15.1. The minimum atomic E-state index is 0.649. The van der Waals surface area contributed by atoms with Gasteiger partial charge in [0.2, 0.25) is 0 Å². The van der Waals surface area contributed by atoms with Crippen LogP contribution in [0.1, 0.15) is 32.3 Å². The molecule has 0 atom stereocenters. The van der Waals surface area contributed by atoms with E-state index in [0.717, 1.165) is 13.1 Å². The lowest BCUT2D eigenvalue weighted by molar-refractivity contribution is 0.268. The number of rotatable bonds is 8. The molecule has 0 spiro atoms. The van der Waals surface area contributed by atoms with Gasteiger partial charge in [-0.2, -0.15) is 0 Å². The van der Waals surface area contributed by atoms with Gasteiger partial charge in [0.05, 0.1) is 0 Å². The van der Waals surface area contributed by atoms with Gasteiger partial charge in [0, 0.05) is 24.3 Å². The molecule has 1 aromatic heterocycles. The number of fused-ring (bicyclic) bond motifs is 1. The van der Waals surface area contributed by atoms with Gasteiger partial charge in [-0.05, 0) is 76.0 Å². The first-order chi connectivity index (χ1) is 9.66. The molecule has 1 aromatic carbocycles. The summed E-state index contributed by atoms with van der Waals surface area (Å²) in [5, 5.41) is 4.83. The monoisotopic (exact) mass is 273 g/mol. The molecule has 0 saturated carbocycles. The molecular formula is C17H27N3. The largest absolute Gasteiger partial charge is 0.361 e. The average molecular weight is 273 g/mol. The second-order valence-corrected chi connectivity index (χ2v) is 5.86. The maximum atomic E-state index is 3.53. The van der Waals surface area contributed by atoms with Crippen molar-refractivity contribution in [3.05, 3.63) is 36.0 Å². The van der Waals surface area contributed by atoms with Crippen LogP contribution in [0, 0.1) is 0 Å². The van der Waals surface area contributed by atoms with E-state index in [-0.39, 0.29) is 0 Å². The Morgan fingerprint density at radius 3 is 2.85 bits per heavy atom. The van der Waals surface area contributed by atoms with Crippen LogP contribution < -0.4 is 5.32 Å². The van der Waals surface area contributed by atoms with Crippen molar-refractivity contribution in [2.45, 2.75) is 39.3 Å². The zero-order valence-electron chi connectivity index (χ0n) is 12.9. The normalized spacial score (nSPS) is 11.8. The Morgan fingerprint density at radius 1 is 1.20 bits per heavy atom. The van der Waals surface area contributed by atoms with Crippen molar-refractivity contribution in [1.82, 2.24) is 15.2 Å². The Balaban J connectivity index is 1.63. The van der Waals surface area contributed by atoms with Gasteiger partial charge >= 0.3 is 0 Å². The van der Waals surface area contributed by atoms with E-state index in [1.807, 2.05) is 6.20 Å². The number of hydrogen-bond donors (Lipinski definition) is 2. The molecule has 0 aliphatic carbocycles. The summed E-state index contributed by atoms with van der Waals surface area (Å²) in [5.41, 5.74) is 2.57. The van der Waals surface area contributed by atoms with Crippen LogP contribution in [0.2, 0.25) is 0 Å². The van der Waals surface area contributed by atoms with Crippen molar-refractivity contribution in [3.8, 4) is 0 Å². The summed E-state index contributed by atoms with van der Waals surface area (Å²) in [5.74, 6) is 0. The third-order valence-electron chi connectivity index (χ3n) is 3.94. The van der Waals surface area contributed by atoms with Crippen LogP contribution in [-0.4, -0.2) is 36.1 Å². The topological polar surface area (TPSA) is 31.1 Å². The van der Waals surface area contributed by atoms with Crippen molar-refractivity contribution in [2.75, 3.05) is 20.1 Å². The Hall–Kier alpha value is -1.32. The summed E-state index contributed by atoms with van der Waals surface area (Å²) in [6, 6.07) is 9.38. The number of aromatic nitrogens is 1. The molecular weight excluding hydrogens is 246 g/mol. The molecule has 0 fully saturated rings. The van der Waals surface area contributed by atoms with Gasteiger partial charge in [0.15, 0.2) is 0 Å². The molecule has 0 aliphatic heterocycles. The summed E-state index contributed by atoms with van der Waals surface area (Å²) in [6.07, 6.45) is 4.50. The van der Waals surface area contributed by atoms with E-state index in [0.29, 0.717) is 6.04 Å². The van der Waals surface area contributed by atoms with Gasteiger partial charge in [0.25, 0.3) is 0 Å². The summed E-state index contributed by atoms with van der Waals surface area (Å²) < 4.78 is 0. The average Bonchev–Trinajstić information content (AvgIpc) is 2.89. The molecule has 0 amide bonds. The number of unbranched alkanes of at least 4 members (excludes halogenated alkanes) is 1. The first-order valence-electron chi connectivity index (χ1n) is 7.64. The van der Waals surface area contributed by atoms with Gasteiger partial charge in [0.1, 0.15) is 0 Å². The van der Waals surface area contributed by atoms with Gasteiger partial charge < -0.3 is 15.2 Å². The second-order valence-electron chi connectivity index (χ2n) is 5.86. The van der Waals surface area contributed by atoms with Crippen LogP contribution in [0.25, 0.3) is 10.9 Å². The fraction of sp³-hybridized carbons (Fsp3) is 0.529. The van der Waals surface area contributed by atoms with E-state index in [2.05, 4.69) is 60.4 Å². The lowest BCUT2D eigenvalue weighted by Gasteiger charge is -2.20. The molecule has 0 bridgehead atoms. The van der Waals surface area contributed by atoms with Crippen LogP contribution in [0.3, 0.4) is 0 Å². The molecule has 2 N–H and O–H groups in total. The van der Waals surface area contributed by atoms with E-state index < -0.39 is 0 Å².